The zero-order chi connectivity index (χ0) is 32.1. The quantitative estimate of drug-likeness (QED) is 0.206. The van der Waals surface area contributed by atoms with E-state index in [1.807, 2.05) is 4.90 Å². The molecule has 3 aromatic rings. The molecule has 2 atom stereocenters. The first-order chi connectivity index (χ1) is 21.5. The first-order valence-corrected chi connectivity index (χ1v) is 15.0. The van der Waals surface area contributed by atoms with E-state index in [1.165, 1.54) is 30.5 Å². The maximum atomic E-state index is 15.0. The Bertz CT molecular complexity index is 1490. The number of carbonyl (C=O) groups excluding carboxylic acids is 3. The van der Waals surface area contributed by atoms with Crippen molar-refractivity contribution in [3.05, 3.63) is 94.8 Å². The van der Waals surface area contributed by atoms with Gasteiger partial charge in [-0.1, -0.05) is 12.1 Å². The number of hydrogen-bond donors (Lipinski definition) is 0. The van der Waals surface area contributed by atoms with Crippen LogP contribution in [0.3, 0.4) is 0 Å². The van der Waals surface area contributed by atoms with Crippen molar-refractivity contribution in [1.29, 1.82) is 0 Å². The molecule has 2 fully saturated rings. The third-order valence-electron chi connectivity index (χ3n) is 8.73. The van der Waals surface area contributed by atoms with E-state index in [1.54, 1.807) is 36.3 Å². The third kappa shape index (κ3) is 7.94. The monoisotopic (exact) mass is 625 g/mol. The fraction of sp³-hybridized carbons (Fsp3) is 0.412. The third-order valence-corrected chi connectivity index (χ3v) is 8.73. The number of halogens is 4. The molecule has 7 nitrogen and oxygen atoms in total. The molecule has 1 unspecified atom stereocenters. The highest BCUT2D eigenvalue weighted by Gasteiger charge is 2.33. The first kappa shape index (κ1) is 32.3. The summed E-state index contributed by atoms with van der Waals surface area (Å²) in [6, 6.07) is 14.9. The zero-order valence-electron chi connectivity index (χ0n) is 24.9. The Morgan fingerprint density at radius 2 is 1.56 bits per heavy atom. The van der Waals surface area contributed by atoms with Crippen LogP contribution in [-0.2, 0) is 12.7 Å². The summed E-state index contributed by atoms with van der Waals surface area (Å²) in [5.41, 5.74) is 1.06. The van der Waals surface area contributed by atoms with Gasteiger partial charge in [0.1, 0.15) is 17.6 Å². The molecule has 2 aromatic carbocycles. The number of pyridine rings is 1. The number of amides is 1. The molecule has 0 bridgehead atoms. The van der Waals surface area contributed by atoms with E-state index in [0.717, 1.165) is 12.1 Å². The number of alkyl halides is 4. The molecule has 1 amide bonds. The van der Waals surface area contributed by atoms with Gasteiger partial charge < -0.3 is 9.64 Å². The van der Waals surface area contributed by atoms with Crippen molar-refractivity contribution in [2.75, 3.05) is 33.3 Å². The average Bonchev–Trinajstić information content (AvgIpc) is 3.05. The summed E-state index contributed by atoms with van der Waals surface area (Å²) in [7, 11) is 1.57. The Morgan fingerprint density at radius 1 is 0.889 bits per heavy atom. The van der Waals surface area contributed by atoms with Crippen molar-refractivity contribution >= 4 is 17.5 Å². The van der Waals surface area contributed by atoms with Gasteiger partial charge in [0.2, 0.25) is 0 Å². The van der Waals surface area contributed by atoms with Gasteiger partial charge in [-0.3, -0.25) is 24.3 Å². The van der Waals surface area contributed by atoms with E-state index < -0.39 is 23.8 Å². The van der Waals surface area contributed by atoms with E-state index in [-0.39, 0.29) is 42.1 Å². The van der Waals surface area contributed by atoms with Gasteiger partial charge in [-0.05, 0) is 85.8 Å². The van der Waals surface area contributed by atoms with Crippen LogP contribution in [0.2, 0.25) is 0 Å². The van der Waals surface area contributed by atoms with Gasteiger partial charge in [-0.2, -0.15) is 13.2 Å². The Hall–Kier alpha value is -4.12. The zero-order valence-corrected chi connectivity index (χ0v) is 24.9. The SMILES string of the molecule is COc1ccc(C(=O)C2CCN(C(=O)c3ccc(C(=O)CC4CCN(Cc5ccc(C(F)(F)F)cc5)C[C@@H]4F)cn3)CC2)cc1. The summed E-state index contributed by atoms with van der Waals surface area (Å²) in [4.78, 5) is 46.6. The van der Waals surface area contributed by atoms with Gasteiger partial charge in [0.05, 0.1) is 12.7 Å². The average molecular weight is 626 g/mol. The van der Waals surface area contributed by atoms with Crippen LogP contribution < -0.4 is 4.74 Å². The molecule has 0 radical (unpaired) electrons. The van der Waals surface area contributed by atoms with Gasteiger partial charge in [0.25, 0.3) is 5.91 Å². The van der Waals surface area contributed by atoms with Crippen LogP contribution in [-0.4, -0.2) is 71.7 Å². The molecule has 0 spiro atoms. The minimum absolute atomic E-state index is 0.00000308. The number of ether oxygens (including phenoxy) is 1. The van der Waals surface area contributed by atoms with Crippen LogP contribution >= 0.6 is 0 Å². The summed E-state index contributed by atoms with van der Waals surface area (Å²) in [6.07, 6.45) is -2.79. The number of benzene rings is 2. The van der Waals surface area contributed by atoms with Crippen molar-refractivity contribution in [2.45, 2.75) is 44.6 Å². The lowest BCUT2D eigenvalue weighted by Crippen LogP contribution is -2.42. The second kappa shape index (κ2) is 13.9. The summed E-state index contributed by atoms with van der Waals surface area (Å²) >= 11 is 0. The number of carbonyl (C=O) groups is 3. The summed E-state index contributed by atoms with van der Waals surface area (Å²) in [5.74, 6) is -0.462. The minimum atomic E-state index is -4.40. The minimum Gasteiger partial charge on any atom is -0.497 e. The highest BCUT2D eigenvalue weighted by Crippen LogP contribution is 2.30. The van der Waals surface area contributed by atoms with Crippen LogP contribution in [0, 0.1) is 11.8 Å². The molecule has 0 N–H and O–H groups in total. The highest BCUT2D eigenvalue weighted by atomic mass is 19.4. The van der Waals surface area contributed by atoms with Crippen molar-refractivity contribution < 1.29 is 36.7 Å². The maximum absolute atomic E-state index is 15.0. The van der Waals surface area contributed by atoms with Gasteiger partial charge in [0.15, 0.2) is 11.6 Å². The second-order valence-corrected chi connectivity index (χ2v) is 11.7. The molecular formula is C34H35F4N3O4. The Labute approximate surface area is 259 Å². The molecule has 45 heavy (non-hydrogen) atoms. The van der Waals surface area contributed by atoms with E-state index in [0.29, 0.717) is 67.9 Å². The summed E-state index contributed by atoms with van der Waals surface area (Å²) in [6.45, 7) is 1.78. The number of ketones is 2. The molecule has 2 aliphatic rings. The maximum Gasteiger partial charge on any atom is 0.416 e. The Kier molecular flexibility index (Phi) is 9.96. The van der Waals surface area contributed by atoms with Crippen LogP contribution in [0.25, 0.3) is 0 Å². The largest absolute Gasteiger partial charge is 0.497 e. The molecule has 0 aliphatic carbocycles. The molecule has 5 rings (SSSR count). The lowest BCUT2D eigenvalue weighted by atomic mass is 9.88. The Balaban J connectivity index is 1.08. The van der Waals surface area contributed by atoms with Crippen LogP contribution in [0.5, 0.6) is 5.75 Å². The van der Waals surface area contributed by atoms with Crippen molar-refractivity contribution in [3.63, 3.8) is 0 Å². The number of likely N-dealkylation sites (tertiary alicyclic amines) is 2. The standard InChI is InChI=1S/C34H35F4N3O4/c1-45-28-9-4-23(5-10-28)32(43)24-13-16-41(17-14-24)33(44)30-11-6-26(19-39-30)31(42)18-25-12-15-40(21-29(25)35)20-22-2-7-27(8-3-22)34(36,37)38/h2-11,19,24-25,29H,12-18,20-21H2,1H3/t25?,29-/m0/s1. The fourth-order valence-electron chi connectivity index (χ4n) is 5.99. The number of rotatable bonds is 9. The number of methoxy groups -OCH3 is 1. The lowest BCUT2D eigenvalue weighted by Gasteiger charge is -2.34. The van der Waals surface area contributed by atoms with Crippen molar-refractivity contribution in [1.82, 2.24) is 14.8 Å². The van der Waals surface area contributed by atoms with E-state index >= 15 is 4.39 Å². The van der Waals surface area contributed by atoms with Crippen molar-refractivity contribution in [3.8, 4) is 5.75 Å². The van der Waals surface area contributed by atoms with Gasteiger partial charge in [-0.25, -0.2) is 4.39 Å². The topological polar surface area (TPSA) is 79.8 Å². The van der Waals surface area contributed by atoms with Crippen LogP contribution in [0.4, 0.5) is 17.6 Å². The Morgan fingerprint density at radius 3 is 2.13 bits per heavy atom. The summed E-state index contributed by atoms with van der Waals surface area (Å²) in [5, 5.41) is 0. The number of Topliss-reactive ketones (excluding diaryl/α,β-unsaturated/α-hetero) is 2. The molecule has 11 heteroatoms. The highest BCUT2D eigenvalue weighted by molar-refractivity contribution is 5.99. The normalized spacial score (nSPS) is 19.7. The van der Waals surface area contributed by atoms with E-state index in [2.05, 4.69) is 4.98 Å². The molecule has 2 aliphatic heterocycles. The second-order valence-electron chi connectivity index (χ2n) is 11.7. The molecular weight excluding hydrogens is 590 g/mol. The molecule has 3 heterocycles. The number of piperidine rings is 2. The lowest BCUT2D eigenvalue weighted by molar-refractivity contribution is -0.137. The van der Waals surface area contributed by atoms with Gasteiger partial charge in [0, 0.05) is 55.8 Å². The molecule has 2 saturated heterocycles. The van der Waals surface area contributed by atoms with Crippen LogP contribution in [0.15, 0.2) is 66.9 Å². The van der Waals surface area contributed by atoms with E-state index in [4.69, 9.17) is 4.74 Å². The summed E-state index contributed by atoms with van der Waals surface area (Å²) < 4.78 is 58.6. The predicted octanol–water partition coefficient (Wildman–Crippen LogP) is 6.28. The van der Waals surface area contributed by atoms with E-state index in [9.17, 15) is 27.6 Å². The number of hydrogen-bond acceptors (Lipinski definition) is 6. The molecule has 1 aromatic heterocycles. The fourth-order valence-corrected chi connectivity index (χ4v) is 5.99. The number of nitrogens with zero attached hydrogens (tertiary/aromatic N) is 3. The first-order valence-electron chi connectivity index (χ1n) is 15.0. The van der Waals surface area contributed by atoms with Gasteiger partial charge >= 0.3 is 6.18 Å². The molecule has 238 valence electrons. The molecule has 0 saturated carbocycles. The van der Waals surface area contributed by atoms with Crippen LogP contribution in [0.1, 0.15) is 68.0 Å². The smallest absolute Gasteiger partial charge is 0.416 e. The van der Waals surface area contributed by atoms with Crippen molar-refractivity contribution in [2.24, 2.45) is 11.8 Å². The number of aromatic nitrogens is 1. The predicted molar refractivity (Wildman–Crippen MR) is 159 cm³/mol. The van der Waals surface area contributed by atoms with Gasteiger partial charge in [-0.15, -0.1) is 0 Å².